The average molecular weight is 704 g/mol. The highest BCUT2D eigenvalue weighted by Crippen LogP contribution is 2.37. The number of allylic oxidation sites excluding steroid dienone is 9. The summed E-state index contributed by atoms with van der Waals surface area (Å²) in [7, 11) is 0. The lowest BCUT2D eigenvalue weighted by molar-refractivity contribution is -0.316. The van der Waals surface area contributed by atoms with Gasteiger partial charge in [0, 0.05) is 29.3 Å². The lowest BCUT2D eigenvalue weighted by Gasteiger charge is -2.45. The lowest BCUT2D eigenvalue weighted by atomic mass is 9.85. The van der Waals surface area contributed by atoms with Crippen molar-refractivity contribution in [3.8, 4) is 0 Å². The van der Waals surface area contributed by atoms with Crippen LogP contribution in [0.15, 0.2) is 70.8 Å². The van der Waals surface area contributed by atoms with Gasteiger partial charge in [-0.05, 0) is 26.2 Å². The van der Waals surface area contributed by atoms with Gasteiger partial charge in [0.1, 0.15) is 12.2 Å². The molecule has 1 saturated heterocycles. The van der Waals surface area contributed by atoms with Gasteiger partial charge >= 0.3 is 11.9 Å². The van der Waals surface area contributed by atoms with E-state index in [1.165, 1.54) is 12.2 Å². The Hall–Kier alpha value is -2.09. The van der Waals surface area contributed by atoms with Gasteiger partial charge in [-0.1, -0.05) is 90.0 Å². The van der Waals surface area contributed by atoms with Gasteiger partial charge in [-0.2, -0.15) is 0 Å². The fourth-order valence-corrected chi connectivity index (χ4v) is 5.49. The molecule has 6 N–H and O–H groups in total. The molecule has 1 saturated carbocycles. The maximum absolute atomic E-state index is 12.1. The normalized spacial score (nSPS) is 32.9. The van der Waals surface area contributed by atoms with Crippen LogP contribution in [0.1, 0.15) is 52.9 Å². The summed E-state index contributed by atoms with van der Waals surface area (Å²) in [5.41, 5.74) is 0.846. The number of aliphatic hydroxyl groups is 5. The number of hydrogen-bond acceptors (Lipinski definition) is 9. The van der Waals surface area contributed by atoms with E-state index in [9.17, 15) is 35.1 Å². The van der Waals surface area contributed by atoms with Gasteiger partial charge in [-0.25, -0.2) is 4.79 Å². The van der Waals surface area contributed by atoms with Crippen LogP contribution in [0.2, 0.25) is 0 Å². The third-order valence-corrected chi connectivity index (χ3v) is 9.15. The summed E-state index contributed by atoms with van der Waals surface area (Å²) in [5.74, 6) is -5.12. The molecule has 1 heterocycles. The van der Waals surface area contributed by atoms with Gasteiger partial charge in [-0.3, -0.25) is 4.79 Å². The summed E-state index contributed by atoms with van der Waals surface area (Å²) < 4.78 is 11.4. The molecule has 44 heavy (non-hydrogen) atoms. The van der Waals surface area contributed by atoms with E-state index >= 15 is 0 Å². The Balaban J connectivity index is 1.90. The number of carboxylic acid groups (broad SMARTS) is 1. The highest BCUT2D eigenvalue weighted by Gasteiger charge is 2.51. The summed E-state index contributed by atoms with van der Waals surface area (Å²) in [5, 5.41) is 61.3. The number of ether oxygens (including phenoxy) is 2. The molecule has 246 valence electrons. The van der Waals surface area contributed by atoms with Crippen LogP contribution in [0.25, 0.3) is 0 Å². The van der Waals surface area contributed by atoms with Crippen molar-refractivity contribution in [2.45, 2.75) is 101 Å². The van der Waals surface area contributed by atoms with E-state index in [0.29, 0.717) is 17.3 Å². The minimum atomic E-state index is -2.21. The minimum Gasteiger partial charge on any atom is -0.481 e. The van der Waals surface area contributed by atoms with E-state index in [-0.39, 0.29) is 19.3 Å². The molecule has 1 aliphatic carbocycles. The molecule has 0 amide bonds. The van der Waals surface area contributed by atoms with Crippen molar-refractivity contribution in [2.24, 2.45) is 11.8 Å². The largest absolute Gasteiger partial charge is 0.481 e. The number of carbonyl (C=O) groups excluding carboxylic acids is 1. The van der Waals surface area contributed by atoms with Crippen molar-refractivity contribution in [1.29, 1.82) is 0 Å². The van der Waals surface area contributed by atoms with Crippen molar-refractivity contribution in [3.63, 3.8) is 0 Å². The number of aliphatic hydroxyl groups excluding tert-OH is 4. The fourth-order valence-electron chi connectivity index (χ4n) is 4.85. The Labute approximate surface area is 271 Å². The molecule has 2 rings (SSSR count). The van der Waals surface area contributed by atoms with Crippen molar-refractivity contribution in [1.82, 2.24) is 0 Å². The predicted octanol–water partition coefficient (Wildman–Crippen LogP) is 3.81. The standard InChI is InChI=1S/C32H44BrClO10/c1-4-5-13-25-28(34)24(36)18-32(42,44-25)30(39)29(38)20(3)22(33)12-8-6-10-19(2)11-7-9-14-27(37)43-26-17-21(31(40)41)15-16-23(26)35/h5-14,20-21,23-26,28-30,35-36,38-39,42H,4,15-18H2,1-3H3,(H,40,41)/b8-6+,11-7+,13-5+,14-9+,19-10+,22-12-/t20-,21+,23+,24?,25?,26-,28?,29-,30+,32?/m1/s1. The molecular formula is C32H44BrClO10. The lowest BCUT2D eigenvalue weighted by Crippen LogP contribution is -2.61. The zero-order valence-corrected chi connectivity index (χ0v) is 27.4. The Morgan fingerprint density at radius 1 is 1.09 bits per heavy atom. The molecular weight excluding hydrogens is 660 g/mol. The minimum absolute atomic E-state index is 0.0794. The van der Waals surface area contributed by atoms with Crippen molar-refractivity contribution in [2.75, 3.05) is 0 Å². The quantitative estimate of drug-likeness (QED) is 0.0545. The molecule has 1 aliphatic heterocycles. The Morgan fingerprint density at radius 3 is 2.41 bits per heavy atom. The molecule has 10 nitrogen and oxygen atoms in total. The van der Waals surface area contributed by atoms with Crippen LogP contribution < -0.4 is 0 Å². The Kier molecular flexibility index (Phi) is 15.7. The third-order valence-electron chi connectivity index (χ3n) is 7.62. The van der Waals surface area contributed by atoms with Crippen LogP contribution in [-0.2, 0) is 19.1 Å². The van der Waals surface area contributed by atoms with Gasteiger partial charge < -0.3 is 40.1 Å². The first-order valence-electron chi connectivity index (χ1n) is 14.6. The summed E-state index contributed by atoms with van der Waals surface area (Å²) in [6.45, 7) is 5.40. The molecule has 2 fully saturated rings. The smallest absolute Gasteiger partial charge is 0.331 e. The van der Waals surface area contributed by atoms with Crippen LogP contribution >= 0.6 is 27.5 Å². The van der Waals surface area contributed by atoms with E-state index in [0.717, 1.165) is 5.57 Å². The monoisotopic (exact) mass is 702 g/mol. The first-order chi connectivity index (χ1) is 20.7. The van der Waals surface area contributed by atoms with Crippen molar-refractivity contribution < 1.29 is 49.7 Å². The molecule has 0 aromatic heterocycles. The van der Waals surface area contributed by atoms with Crippen LogP contribution in [-0.4, -0.2) is 90.4 Å². The Morgan fingerprint density at radius 2 is 1.75 bits per heavy atom. The molecule has 0 spiro atoms. The second-order valence-electron chi connectivity index (χ2n) is 11.2. The van der Waals surface area contributed by atoms with Gasteiger partial charge in [-0.15, -0.1) is 11.6 Å². The molecule has 2 aliphatic rings. The molecule has 0 radical (unpaired) electrons. The summed E-state index contributed by atoms with van der Waals surface area (Å²) in [6.07, 6.45) is 10.5. The number of hydrogen-bond donors (Lipinski definition) is 6. The van der Waals surface area contributed by atoms with Crippen molar-refractivity contribution in [3.05, 3.63) is 70.8 Å². The molecule has 12 heteroatoms. The topological polar surface area (TPSA) is 174 Å². The van der Waals surface area contributed by atoms with Crippen molar-refractivity contribution >= 4 is 39.5 Å². The molecule has 0 bridgehead atoms. The van der Waals surface area contributed by atoms with E-state index < -0.39 is 71.6 Å². The maximum Gasteiger partial charge on any atom is 0.331 e. The van der Waals surface area contributed by atoms with Crippen LogP contribution in [0.4, 0.5) is 0 Å². The summed E-state index contributed by atoms with van der Waals surface area (Å²) in [6, 6.07) is 0. The SMILES string of the molecule is CC/C=C/C1OC(O)([C@@H](O)[C@H](O)[C@H](C)/C(Br)=C/C=C/C=C(C)/C=C/C=C/C(=O)O[C@@H]2C[C@@H](C(=O)O)CC[C@@H]2O)CC(O)C1Cl. The zero-order chi connectivity index (χ0) is 33.0. The number of carboxylic acids is 1. The number of aliphatic carboxylic acids is 1. The van der Waals surface area contributed by atoms with Crippen LogP contribution in [0.5, 0.6) is 0 Å². The van der Waals surface area contributed by atoms with Crippen LogP contribution in [0.3, 0.4) is 0 Å². The maximum atomic E-state index is 12.1. The van der Waals surface area contributed by atoms with Gasteiger partial charge in [0.2, 0.25) is 0 Å². The van der Waals surface area contributed by atoms with Gasteiger partial charge in [0.05, 0.1) is 35.7 Å². The summed E-state index contributed by atoms with van der Waals surface area (Å²) in [4.78, 5) is 23.3. The molecule has 10 atom stereocenters. The second kappa shape index (κ2) is 18.2. The number of alkyl halides is 1. The molecule has 0 aromatic carbocycles. The highest BCUT2D eigenvalue weighted by molar-refractivity contribution is 9.11. The van der Waals surface area contributed by atoms with Gasteiger partial charge in [0.25, 0.3) is 0 Å². The van der Waals surface area contributed by atoms with E-state index in [2.05, 4.69) is 15.9 Å². The number of halogens is 2. The Bertz CT molecular complexity index is 1150. The van der Waals surface area contributed by atoms with E-state index in [1.807, 2.05) is 13.8 Å². The highest BCUT2D eigenvalue weighted by atomic mass is 79.9. The predicted molar refractivity (Wildman–Crippen MR) is 170 cm³/mol. The van der Waals surface area contributed by atoms with Gasteiger partial charge in [0.15, 0.2) is 5.79 Å². The zero-order valence-electron chi connectivity index (χ0n) is 25.1. The average Bonchev–Trinajstić information content (AvgIpc) is 2.98. The summed E-state index contributed by atoms with van der Waals surface area (Å²) >= 11 is 9.63. The first kappa shape index (κ1) is 38.1. The molecule has 0 aromatic rings. The van der Waals surface area contributed by atoms with Crippen LogP contribution in [0, 0.1) is 11.8 Å². The first-order valence-corrected chi connectivity index (χ1v) is 15.8. The molecule has 4 unspecified atom stereocenters. The number of esters is 1. The van der Waals surface area contributed by atoms with E-state index in [1.54, 1.807) is 55.5 Å². The second-order valence-corrected chi connectivity index (χ2v) is 12.6. The number of carbonyl (C=O) groups is 2. The fraction of sp³-hybridized carbons (Fsp3) is 0.562. The third kappa shape index (κ3) is 11.4. The van der Waals surface area contributed by atoms with E-state index in [4.69, 9.17) is 26.2 Å². The number of rotatable bonds is 13.